The highest BCUT2D eigenvalue weighted by Gasteiger charge is 2.38. The quantitative estimate of drug-likeness (QED) is 0.596. The molecular formula is C16H18F3NO4S. The topological polar surface area (TPSA) is 104 Å². The van der Waals surface area contributed by atoms with E-state index < -0.39 is 24.3 Å². The van der Waals surface area contributed by atoms with E-state index in [1.807, 2.05) is 18.2 Å². The summed E-state index contributed by atoms with van der Waals surface area (Å²) in [6, 6.07) is 13.8. The second-order valence-corrected chi connectivity index (χ2v) is 6.13. The van der Waals surface area contributed by atoms with Crippen LogP contribution in [0.2, 0.25) is 0 Å². The van der Waals surface area contributed by atoms with E-state index in [0.29, 0.717) is 5.75 Å². The monoisotopic (exact) mass is 377 g/mol. The molecule has 25 heavy (non-hydrogen) atoms. The summed E-state index contributed by atoms with van der Waals surface area (Å²) in [5.74, 6) is -2.27. The number of nitrogens with two attached hydrogens (primary N) is 1. The van der Waals surface area contributed by atoms with Gasteiger partial charge in [-0.2, -0.15) is 13.2 Å². The number of aliphatic hydroxyl groups is 2. The number of benzene rings is 2. The molecule has 0 unspecified atom stereocenters. The summed E-state index contributed by atoms with van der Waals surface area (Å²) in [5.41, 5.74) is 5.56. The zero-order chi connectivity index (χ0) is 19.0. The molecular weight excluding hydrogens is 359 g/mol. The van der Waals surface area contributed by atoms with Crippen LogP contribution in [0.25, 0.3) is 10.8 Å². The van der Waals surface area contributed by atoms with E-state index in [1.165, 1.54) is 10.8 Å². The zero-order valence-corrected chi connectivity index (χ0v) is 13.8. The third-order valence-corrected chi connectivity index (χ3v) is 4.18. The number of halogens is 3. The fourth-order valence-electron chi connectivity index (χ4n) is 1.68. The SMILES string of the molecule is N[C@@H](CO)[C@H](O)CSc1ccc2ccccc2c1.O=C(O)C(F)(F)F. The van der Waals surface area contributed by atoms with Crippen LogP contribution < -0.4 is 5.73 Å². The second-order valence-electron chi connectivity index (χ2n) is 5.04. The third kappa shape index (κ3) is 7.30. The predicted molar refractivity (Wildman–Crippen MR) is 89.4 cm³/mol. The van der Waals surface area contributed by atoms with Crippen molar-refractivity contribution in [3.63, 3.8) is 0 Å². The highest BCUT2D eigenvalue weighted by atomic mass is 32.2. The Balaban J connectivity index is 0.000000381. The van der Waals surface area contributed by atoms with Gasteiger partial charge in [0.25, 0.3) is 0 Å². The minimum Gasteiger partial charge on any atom is -0.475 e. The molecule has 2 aromatic rings. The average molecular weight is 377 g/mol. The van der Waals surface area contributed by atoms with E-state index in [0.717, 1.165) is 4.90 Å². The van der Waals surface area contributed by atoms with Crippen LogP contribution >= 0.6 is 11.8 Å². The van der Waals surface area contributed by atoms with E-state index in [1.54, 1.807) is 11.8 Å². The van der Waals surface area contributed by atoms with Gasteiger partial charge in [0.15, 0.2) is 0 Å². The van der Waals surface area contributed by atoms with Crippen LogP contribution in [0.15, 0.2) is 47.4 Å². The maximum absolute atomic E-state index is 10.6. The summed E-state index contributed by atoms with van der Waals surface area (Å²) in [7, 11) is 0. The summed E-state index contributed by atoms with van der Waals surface area (Å²) in [6.45, 7) is -0.195. The van der Waals surface area contributed by atoms with E-state index in [9.17, 15) is 18.3 Å². The van der Waals surface area contributed by atoms with Gasteiger partial charge < -0.3 is 21.1 Å². The Morgan fingerprint density at radius 3 is 2.24 bits per heavy atom. The summed E-state index contributed by atoms with van der Waals surface area (Å²) in [4.78, 5) is 9.99. The Bertz CT molecular complexity index is 696. The van der Waals surface area contributed by atoms with Crippen molar-refractivity contribution in [3.8, 4) is 0 Å². The van der Waals surface area contributed by atoms with Crippen LogP contribution in [0.3, 0.4) is 0 Å². The number of thioether (sulfide) groups is 1. The highest BCUT2D eigenvalue weighted by Crippen LogP contribution is 2.24. The first-order valence-electron chi connectivity index (χ1n) is 7.11. The van der Waals surface area contributed by atoms with Crippen LogP contribution in [-0.4, -0.2) is 52.0 Å². The molecule has 0 aromatic heterocycles. The number of aliphatic carboxylic acids is 1. The molecule has 5 nitrogen and oxygen atoms in total. The number of carbonyl (C=O) groups is 1. The number of fused-ring (bicyclic) bond motifs is 1. The highest BCUT2D eigenvalue weighted by molar-refractivity contribution is 7.99. The van der Waals surface area contributed by atoms with Crippen molar-refractivity contribution in [2.75, 3.05) is 12.4 Å². The normalized spacial score (nSPS) is 13.7. The molecule has 2 rings (SSSR count). The fraction of sp³-hybridized carbons (Fsp3) is 0.312. The first-order chi connectivity index (χ1) is 11.6. The van der Waals surface area contributed by atoms with Crippen molar-refractivity contribution in [1.29, 1.82) is 0 Å². The van der Waals surface area contributed by atoms with Crippen molar-refractivity contribution >= 4 is 28.5 Å². The lowest BCUT2D eigenvalue weighted by Gasteiger charge is -2.15. The maximum Gasteiger partial charge on any atom is 0.490 e. The third-order valence-electron chi connectivity index (χ3n) is 3.09. The summed E-state index contributed by atoms with van der Waals surface area (Å²) >= 11 is 1.55. The molecule has 0 aliphatic heterocycles. The van der Waals surface area contributed by atoms with E-state index in [2.05, 4.69) is 24.3 Å². The molecule has 2 atom stereocenters. The summed E-state index contributed by atoms with van der Waals surface area (Å²) in [6.07, 6.45) is -5.77. The van der Waals surface area contributed by atoms with Gasteiger partial charge >= 0.3 is 12.1 Å². The summed E-state index contributed by atoms with van der Waals surface area (Å²) < 4.78 is 31.7. The first kappa shape index (κ1) is 21.2. The van der Waals surface area contributed by atoms with E-state index in [-0.39, 0.29) is 6.61 Å². The van der Waals surface area contributed by atoms with Crippen LogP contribution in [-0.2, 0) is 4.79 Å². The van der Waals surface area contributed by atoms with Gasteiger partial charge in [-0.3, -0.25) is 0 Å². The molecule has 0 amide bonds. The van der Waals surface area contributed by atoms with Gasteiger partial charge in [-0.15, -0.1) is 11.8 Å². The molecule has 0 aliphatic carbocycles. The number of rotatable bonds is 5. The minimum atomic E-state index is -5.08. The number of alkyl halides is 3. The smallest absolute Gasteiger partial charge is 0.475 e. The van der Waals surface area contributed by atoms with Crippen molar-refractivity contribution < 1.29 is 33.3 Å². The Labute approximate surface area is 146 Å². The van der Waals surface area contributed by atoms with Crippen LogP contribution in [0.1, 0.15) is 0 Å². The molecule has 5 N–H and O–H groups in total. The largest absolute Gasteiger partial charge is 0.490 e. The molecule has 9 heteroatoms. The zero-order valence-electron chi connectivity index (χ0n) is 13.0. The molecule has 0 radical (unpaired) electrons. The Kier molecular flexibility index (Phi) is 8.17. The Hall–Kier alpha value is -1.81. The van der Waals surface area contributed by atoms with Gasteiger partial charge in [0, 0.05) is 10.6 Å². The molecule has 0 heterocycles. The molecule has 0 saturated heterocycles. The lowest BCUT2D eigenvalue weighted by Crippen LogP contribution is -2.39. The number of hydrogen-bond acceptors (Lipinski definition) is 5. The standard InChI is InChI=1S/C14H17NO2S.C2HF3O2/c15-13(8-16)14(17)9-18-12-6-5-10-3-1-2-4-11(10)7-12;3-2(4,5)1(6)7/h1-7,13-14,16-17H,8-9,15H2;(H,6,7)/t13-,14+;/m0./s1. The lowest BCUT2D eigenvalue weighted by atomic mass is 10.1. The Morgan fingerprint density at radius 1 is 1.16 bits per heavy atom. The molecule has 0 spiro atoms. The van der Waals surface area contributed by atoms with Gasteiger partial charge in [0.2, 0.25) is 0 Å². The Morgan fingerprint density at radius 2 is 1.72 bits per heavy atom. The van der Waals surface area contributed by atoms with Crippen LogP contribution in [0.5, 0.6) is 0 Å². The average Bonchev–Trinajstić information content (AvgIpc) is 2.58. The second kappa shape index (κ2) is 9.62. The first-order valence-corrected chi connectivity index (χ1v) is 8.10. The van der Waals surface area contributed by atoms with Crippen LogP contribution in [0.4, 0.5) is 13.2 Å². The minimum absolute atomic E-state index is 0.195. The van der Waals surface area contributed by atoms with Crippen molar-refractivity contribution in [1.82, 2.24) is 0 Å². The van der Waals surface area contributed by atoms with Gasteiger partial charge in [-0.1, -0.05) is 30.3 Å². The molecule has 0 bridgehead atoms. The molecule has 138 valence electrons. The number of aliphatic hydroxyl groups excluding tert-OH is 2. The van der Waals surface area contributed by atoms with Crippen molar-refractivity contribution in [2.24, 2.45) is 5.73 Å². The lowest BCUT2D eigenvalue weighted by molar-refractivity contribution is -0.192. The molecule has 2 aromatic carbocycles. The van der Waals surface area contributed by atoms with Gasteiger partial charge in [-0.25, -0.2) is 4.79 Å². The van der Waals surface area contributed by atoms with Gasteiger partial charge in [0.05, 0.1) is 18.8 Å². The van der Waals surface area contributed by atoms with Crippen LogP contribution in [0, 0.1) is 0 Å². The predicted octanol–water partition coefficient (Wildman–Crippen LogP) is 2.25. The summed E-state index contributed by atoms with van der Waals surface area (Å²) in [5, 5.41) is 28.0. The number of carboxylic acid groups (broad SMARTS) is 1. The van der Waals surface area contributed by atoms with Gasteiger partial charge in [0.1, 0.15) is 0 Å². The molecule has 0 aliphatic rings. The van der Waals surface area contributed by atoms with E-state index >= 15 is 0 Å². The number of hydrogen-bond donors (Lipinski definition) is 4. The molecule has 0 fully saturated rings. The molecule has 0 saturated carbocycles. The number of carboxylic acids is 1. The fourth-order valence-corrected chi connectivity index (χ4v) is 2.67. The van der Waals surface area contributed by atoms with Crippen molar-refractivity contribution in [2.45, 2.75) is 23.2 Å². The maximum atomic E-state index is 10.6. The van der Waals surface area contributed by atoms with E-state index in [4.69, 9.17) is 20.7 Å². The van der Waals surface area contributed by atoms with Crippen molar-refractivity contribution in [3.05, 3.63) is 42.5 Å². The van der Waals surface area contributed by atoms with Gasteiger partial charge in [-0.05, 0) is 22.9 Å².